The summed E-state index contributed by atoms with van der Waals surface area (Å²) in [5.41, 5.74) is 1.97. The molecule has 0 aliphatic rings. The van der Waals surface area contributed by atoms with Gasteiger partial charge in [-0.05, 0) is 45.8 Å². The van der Waals surface area contributed by atoms with Gasteiger partial charge in [-0.1, -0.05) is 32.9 Å². The molecule has 1 aromatic heterocycles. The number of rotatable bonds is 6. The molecule has 2 rings (SSSR count). The van der Waals surface area contributed by atoms with Crippen molar-refractivity contribution in [1.82, 2.24) is 10.3 Å². The summed E-state index contributed by atoms with van der Waals surface area (Å²) in [6, 6.07) is 7.81. The Bertz CT molecular complexity index is 1050. The lowest BCUT2D eigenvalue weighted by atomic mass is 9.91. The van der Waals surface area contributed by atoms with Crippen LogP contribution in [-0.4, -0.2) is 25.6 Å². The zero-order valence-corrected chi connectivity index (χ0v) is 19.0. The summed E-state index contributed by atoms with van der Waals surface area (Å²) in [4.78, 5) is 16.6. The van der Waals surface area contributed by atoms with Gasteiger partial charge in [0.1, 0.15) is 10.4 Å². The fourth-order valence-electron chi connectivity index (χ4n) is 2.35. The molecule has 9 heteroatoms. The largest absolute Gasteiger partial charge is 0.348 e. The number of sulfonamides is 1. The summed E-state index contributed by atoms with van der Waals surface area (Å²) in [5.74, 6) is -1.07. The fourth-order valence-corrected chi connectivity index (χ4v) is 3.37. The SMILES string of the molecule is CC(C)(C)c1ccc(/C=C/C(=O)NCc2ccc(NS(C)(=O)=O)c(F)c2)c(Br)n1. The predicted molar refractivity (Wildman–Crippen MR) is 116 cm³/mol. The summed E-state index contributed by atoms with van der Waals surface area (Å²) in [6.07, 6.45) is 3.95. The number of hydrogen-bond donors (Lipinski definition) is 2. The number of carbonyl (C=O) groups is 1. The first kappa shape index (κ1) is 23.0. The van der Waals surface area contributed by atoms with Gasteiger partial charge >= 0.3 is 0 Å². The van der Waals surface area contributed by atoms with E-state index in [2.05, 4.69) is 51.7 Å². The summed E-state index contributed by atoms with van der Waals surface area (Å²) in [6.45, 7) is 6.30. The van der Waals surface area contributed by atoms with E-state index in [4.69, 9.17) is 0 Å². The maximum absolute atomic E-state index is 14.0. The van der Waals surface area contributed by atoms with Crippen molar-refractivity contribution in [3.8, 4) is 0 Å². The number of nitrogens with zero attached hydrogens (tertiary/aromatic N) is 1. The standard InChI is InChI=1S/C20H23BrFN3O3S/c1-20(2,3)17-9-6-14(19(21)24-17)7-10-18(26)23-12-13-5-8-16(15(22)11-13)25-29(4,27)28/h5-11,25H,12H2,1-4H3,(H,23,26)/b10-7+. The second kappa shape index (κ2) is 9.04. The van der Waals surface area contributed by atoms with Gasteiger partial charge in [0.05, 0.1) is 11.9 Å². The Hall–Kier alpha value is -2.26. The van der Waals surface area contributed by atoms with Crippen molar-refractivity contribution in [2.75, 3.05) is 11.0 Å². The molecule has 0 fully saturated rings. The van der Waals surface area contributed by atoms with Crippen LogP contribution in [0.3, 0.4) is 0 Å². The van der Waals surface area contributed by atoms with Gasteiger partial charge in [0.25, 0.3) is 0 Å². The van der Waals surface area contributed by atoms with Crippen molar-refractivity contribution < 1.29 is 17.6 Å². The number of carbonyl (C=O) groups excluding carboxylic acids is 1. The zero-order chi connectivity index (χ0) is 21.8. The number of halogens is 2. The molecule has 0 aliphatic heterocycles. The van der Waals surface area contributed by atoms with Gasteiger partial charge in [-0.15, -0.1) is 0 Å². The lowest BCUT2D eigenvalue weighted by Crippen LogP contribution is -2.20. The number of aromatic nitrogens is 1. The zero-order valence-electron chi connectivity index (χ0n) is 16.6. The Morgan fingerprint density at radius 2 is 1.93 bits per heavy atom. The lowest BCUT2D eigenvalue weighted by molar-refractivity contribution is -0.116. The van der Waals surface area contributed by atoms with E-state index in [9.17, 15) is 17.6 Å². The van der Waals surface area contributed by atoms with Gasteiger partial charge in [-0.3, -0.25) is 9.52 Å². The molecule has 29 heavy (non-hydrogen) atoms. The molecule has 0 atom stereocenters. The number of amides is 1. The van der Waals surface area contributed by atoms with Gasteiger partial charge in [-0.25, -0.2) is 17.8 Å². The number of benzene rings is 1. The smallest absolute Gasteiger partial charge is 0.244 e. The van der Waals surface area contributed by atoms with Crippen LogP contribution in [0.15, 0.2) is 41.0 Å². The first-order valence-corrected chi connectivity index (χ1v) is 11.4. The molecule has 1 heterocycles. The third kappa shape index (κ3) is 7.25. The normalized spacial score (nSPS) is 12.2. The molecule has 0 aliphatic carbocycles. The van der Waals surface area contributed by atoms with Crippen molar-refractivity contribution in [1.29, 1.82) is 0 Å². The molecule has 2 aromatic rings. The van der Waals surface area contributed by atoms with Gasteiger partial charge in [0, 0.05) is 29.3 Å². The van der Waals surface area contributed by atoms with E-state index in [0.717, 1.165) is 17.5 Å². The average molecular weight is 484 g/mol. The van der Waals surface area contributed by atoms with Gasteiger partial charge in [0.2, 0.25) is 15.9 Å². The number of hydrogen-bond acceptors (Lipinski definition) is 4. The third-order valence-corrected chi connectivity index (χ3v) is 5.08. The van der Waals surface area contributed by atoms with E-state index < -0.39 is 15.8 Å². The molecule has 6 nitrogen and oxygen atoms in total. The van der Waals surface area contributed by atoms with Crippen LogP contribution in [-0.2, 0) is 26.8 Å². The molecule has 0 saturated heterocycles. The minimum absolute atomic E-state index is 0.0796. The van der Waals surface area contributed by atoms with Gasteiger partial charge < -0.3 is 5.32 Å². The molecule has 1 aromatic carbocycles. The topological polar surface area (TPSA) is 88.2 Å². The van der Waals surface area contributed by atoms with Crippen LogP contribution in [0, 0.1) is 5.82 Å². The van der Waals surface area contributed by atoms with E-state index >= 15 is 0 Å². The second-order valence-electron chi connectivity index (χ2n) is 7.57. The highest BCUT2D eigenvalue weighted by molar-refractivity contribution is 9.10. The third-order valence-electron chi connectivity index (χ3n) is 3.86. The lowest BCUT2D eigenvalue weighted by Gasteiger charge is -2.18. The Labute approximate surface area is 178 Å². The maximum Gasteiger partial charge on any atom is 0.244 e. The predicted octanol–water partition coefficient (Wildman–Crippen LogP) is 3.98. The van der Waals surface area contributed by atoms with Crippen LogP contribution < -0.4 is 10.0 Å². The van der Waals surface area contributed by atoms with Crippen molar-refractivity contribution in [2.24, 2.45) is 0 Å². The molecular weight excluding hydrogens is 461 g/mol. The Kier molecular flexibility index (Phi) is 7.18. The van der Waals surface area contributed by atoms with E-state index in [-0.39, 0.29) is 23.6 Å². The minimum Gasteiger partial charge on any atom is -0.348 e. The molecule has 0 radical (unpaired) electrons. The van der Waals surface area contributed by atoms with Gasteiger partial charge in [0.15, 0.2) is 0 Å². The minimum atomic E-state index is -3.56. The molecule has 156 valence electrons. The first-order chi connectivity index (χ1) is 13.3. The molecule has 1 amide bonds. The Balaban J connectivity index is 1.99. The molecule has 0 saturated carbocycles. The summed E-state index contributed by atoms with van der Waals surface area (Å²) >= 11 is 3.42. The summed E-state index contributed by atoms with van der Waals surface area (Å²) in [5, 5.41) is 2.65. The fraction of sp³-hybridized carbons (Fsp3) is 0.300. The van der Waals surface area contributed by atoms with E-state index in [1.54, 1.807) is 6.08 Å². The van der Waals surface area contributed by atoms with Crippen LogP contribution in [0.25, 0.3) is 6.08 Å². The molecular formula is C20H23BrFN3O3S. The number of pyridine rings is 1. The Morgan fingerprint density at radius 1 is 1.24 bits per heavy atom. The molecule has 0 unspecified atom stereocenters. The molecule has 0 spiro atoms. The highest BCUT2D eigenvalue weighted by atomic mass is 79.9. The first-order valence-electron chi connectivity index (χ1n) is 8.74. The van der Waals surface area contributed by atoms with Crippen LogP contribution in [0.4, 0.5) is 10.1 Å². The van der Waals surface area contributed by atoms with E-state index in [0.29, 0.717) is 10.2 Å². The quantitative estimate of drug-likeness (QED) is 0.480. The number of nitrogens with one attached hydrogen (secondary N) is 2. The molecule has 0 bridgehead atoms. The average Bonchev–Trinajstić information content (AvgIpc) is 2.59. The monoisotopic (exact) mass is 483 g/mol. The van der Waals surface area contributed by atoms with Crippen LogP contribution in [0.2, 0.25) is 0 Å². The van der Waals surface area contributed by atoms with Gasteiger partial charge in [-0.2, -0.15) is 0 Å². The summed E-state index contributed by atoms with van der Waals surface area (Å²) in [7, 11) is -3.56. The van der Waals surface area contributed by atoms with Crippen molar-refractivity contribution in [3.05, 3.63) is 63.6 Å². The van der Waals surface area contributed by atoms with Crippen molar-refractivity contribution >= 4 is 43.6 Å². The van der Waals surface area contributed by atoms with Crippen molar-refractivity contribution in [3.63, 3.8) is 0 Å². The maximum atomic E-state index is 14.0. The second-order valence-corrected chi connectivity index (χ2v) is 10.1. The highest BCUT2D eigenvalue weighted by Crippen LogP contribution is 2.24. The molecule has 2 N–H and O–H groups in total. The Morgan fingerprint density at radius 3 is 2.48 bits per heavy atom. The van der Waals surface area contributed by atoms with Crippen LogP contribution in [0.5, 0.6) is 0 Å². The van der Waals surface area contributed by atoms with Crippen LogP contribution >= 0.6 is 15.9 Å². The van der Waals surface area contributed by atoms with Crippen molar-refractivity contribution in [2.45, 2.75) is 32.7 Å². The van der Waals surface area contributed by atoms with Crippen LogP contribution in [0.1, 0.15) is 37.6 Å². The summed E-state index contributed by atoms with van der Waals surface area (Å²) < 4.78 is 39.1. The number of anilines is 1. The van der Waals surface area contributed by atoms with E-state index in [1.807, 2.05) is 12.1 Å². The highest BCUT2D eigenvalue weighted by Gasteiger charge is 2.16. The van der Waals surface area contributed by atoms with E-state index in [1.165, 1.54) is 24.3 Å².